The Morgan fingerprint density at radius 3 is 2.54 bits per heavy atom. The van der Waals surface area contributed by atoms with Crippen LogP contribution in [0.1, 0.15) is 11.1 Å². The molecular weight excluding hydrogens is 391 g/mol. The van der Waals surface area contributed by atoms with Crippen molar-refractivity contribution in [1.29, 1.82) is 0 Å². The molecule has 0 saturated heterocycles. The Hall–Kier alpha value is -1.83. The highest BCUT2D eigenvalue weighted by molar-refractivity contribution is 7.99. The van der Waals surface area contributed by atoms with Gasteiger partial charge < -0.3 is 16.6 Å². The molecule has 2 aromatic heterocycles. The van der Waals surface area contributed by atoms with Gasteiger partial charge in [-0.25, -0.2) is 9.97 Å². The molecule has 0 fully saturated rings. The van der Waals surface area contributed by atoms with Crippen molar-refractivity contribution in [2.24, 2.45) is 5.73 Å². The van der Waals surface area contributed by atoms with Crippen LogP contribution in [0.2, 0.25) is 5.02 Å². The molecule has 136 valence electrons. The summed E-state index contributed by atoms with van der Waals surface area (Å²) in [6.45, 7) is 0.251. The van der Waals surface area contributed by atoms with E-state index in [1.54, 1.807) is 24.5 Å². The van der Waals surface area contributed by atoms with Crippen molar-refractivity contribution >= 4 is 41.6 Å². The van der Waals surface area contributed by atoms with Crippen LogP contribution >= 0.6 is 35.8 Å². The van der Waals surface area contributed by atoms with Gasteiger partial charge in [0.05, 0.1) is 11.6 Å². The predicted molar refractivity (Wildman–Crippen MR) is 109 cm³/mol. The monoisotopic (exact) mass is 408 g/mol. The molecule has 3 rings (SSSR count). The molecule has 0 aliphatic carbocycles. The summed E-state index contributed by atoms with van der Waals surface area (Å²) in [7, 11) is 0. The second-order valence-corrected chi connectivity index (χ2v) is 6.76. The second kappa shape index (κ2) is 9.21. The molecular formula is C18H18Cl2N4OS. The van der Waals surface area contributed by atoms with Gasteiger partial charge in [-0.2, -0.15) is 0 Å². The van der Waals surface area contributed by atoms with E-state index in [4.69, 9.17) is 23.1 Å². The van der Waals surface area contributed by atoms with Crippen molar-refractivity contribution in [3.8, 4) is 11.1 Å². The van der Waals surface area contributed by atoms with Crippen LogP contribution in [0.15, 0.2) is 58.7 Å². The van der Waals surface area contributed by atoms with Gasteiger partial charge >= 0.3 is 0 Å². The van der Waals surface area contributed by atoms with Gasteiger partial charge in [0.15, 0.2) is 0 Å². The Bertz CT molecular complexity index is 891. The van der Waals surface area contributed by atoms with E-state index >= 15 is 0 Å². The first-order valence-electron chi connectivity index (χ1n) is 7.59. The zero-order valence-electron chi connectivity index (χ0n) is 13.7. The summed E-state index contributed by atoms with van der Waals surface area (Å²) in [5.74, 6) is 0.466. The lowest BCUT2D eigenvalue weighted by Gasteiger charge is -2.14. The molecule has 0 aliphatic heterocycles. The van der Waals surface area contributed by atoms with Crippen LogP contribution in [0.5, 0.6) is 0 Å². The first kappa shape index (κ1) is 20.5. The third-order valence-corrected chi connectivity index (χ3v) is 5.34. The molecule has 5 N–H and O–H groups in total. The van der Waals surface area contributed by atoms with Crippen molar-refractivity contribution in [3.63, 3.8) is 0 Å². The molecule has 0 spiro atoms. The van der Waals surface area contributed by atoms with Crippen LogP contribution in [0.25, 0.3) is 11.1 Å². The van der Waals surface area contributed by atoms with Crippen molar-refractivity contribution in [2.45, 2.75) is 23.1 Å². The van der Waals surface area contributed by atoms with E-state index in [-0.39, 0.29) is 19.0 Å². The summed E-state index contributed by atoms with van der Waals surface area (Å²) in [6, 6.07) is 11.1. The minimum atomic E-state index is -0.0824. The van der Waals surface area contributed by atoms with Crippen molar-refractivity contribution in [2.75, 3.05) is 5.73 Å². The highest BCUT2D eigenvalue weighted by atomic mass is 35.5. The molecule has 0 unspecified atom stereocenters. The lowest BCUT2D eigenvalue weighted by molar-refractivity contribution is 0.278. The molecule has 0 amide bonds. The Morgan fingerprint density at radius 2 is 1.88 bits per heavy atom. The summed E-state index contributed by atoms with van der Waals surface area (Å²) in [6.07, 6.45) is 3.39. The van der Waals surface area contributed by atoms with Gasteiger partial charge in [-0.05, 0) is 41.5 Å². The Balaban J connectivity index is 0.00000243. The summed E-state index contributed by atoms with van der Waals surface area (Å²) in [5.41, 5.74) is 15.1. The highest BCUT2D eigenvalue weighted by Crippen LogP contribution is 2.39. The average molecular weight is 409 g/mol. The normalized spacial score (nSPS) is 10.4. The van der Waals surface area contributed by atoms with E-state index in [0.29, 0.717) is 22.4 Å². The zero-order chi connectivity index (χ0) is 17.8. The number of hydrogen-bond acceptors (Lipinski definition) is 6. The number of benzene rings is 1. The topological polar surface area (TPSA) is 98.1 Å². The van der Waals surface area contributed by atoms with E-state index < -0.39 is 0 Å². The first-order chi connectivity index (χ1) is 12.1. The van der Waals surface area contributed by atoms with Crippen molar-refractivity contribution < 1.29 is 5.11 Å². The lowest BCUT2D eigenvalue weighted by Crippen LogP contribution is -2.01. The molecule has 0 aliphatic rings. The van der Waals surface area contributed by atoms with Gasteiger partial charge in [-0.15, -0.1) is 12.4 Å². The molecule has 0 bridgehead atoms. The third kappa shape index (κ3) is 4.47. The fraction of sp³-hybridized carbons (Fsp3) is 0.111. The molecule has 8 heteroatoms. The number of nitrogen functional groups attached to an aromatic ring is 1. The number of nitrogens with two attached hydrogens (primary N) is 2. The summed E-state index contributed by atoms with van der Waals surface area (Å²) >= 11 is 7.93. The Labute approximate surface area is 167 Å². The van der Waals surface area contributed by atoms with Crippen molar-refractivity contribution in [1.82, 2.24) is 9.97 Å². The predicted octanol–water partition coefficient (Wildman–Crippen LogP) is 3.90. The minimum Gasteiger partial charge on any atom is -0.392 e. The molecule has 3 aromatic rings. The maximum absolute atomic E-state index is 9.48. The van der Waals surface area contributed by atoms with Gasteiger partial charge in [0, 0.05) is 35.0 Å². The lowest BCUT2D eigenvalue weighted by atomic mass is 10.0. The van der Waals surface area contributed by atoms with Crippen molar-refractivity contribution in [3.05, 3.63) is 64.9 Å². The van der Waals surface area contributed by atoms with Crippen LogP contribution in [0, 0.1) is 0 Å². The quantitative estimate of drug-likeness (QED) is 0.591. The second-order valence-electron chi connectivity index (χ2n) is 5.35. The van der Waals surface area contributed by atoms with Gasteiger partial charge in [0.25, 0.3) is 0 Å². The Kier molecular flexibility index (Phi) is 7.25. The Morgan fingerprint density at radius 1 is 1.08 bits per heavy atom. The molecule has 1 aromatic carbocycles. The van der Waals surface area contributed by atoms with Crippen LogP contribution in [-0.2, 0) is 13.2 Å². The maximum Gasteiger partial charge on any atom is 0.123 e. The number of aromatic nitrogens is 2. The standard InChI is InChI=1S/C18H17ClN4OS.ClH/c19-15-7-13(11-3-4-16(21)23-9-11)6-14(8-20)17(15)25-18-12(10-24)2-1-5-22-18;/h1-7,9,24H,8,10,20H2,(H2,21,23);1H. The summed E-state index contributed by atoms with van der Waals surface area (Å²) in [5, 5.41) is 10.8. The number of halogens is 2. The van der Waals surface area contributed by atoms with Gasteiger partial charge in [0.2, 0.25) is 0 Å². The molecule has 0 atom stereocenters. The van der Waals surface area contributed by atoms with Gasteiger partial charge in [-0.3, -0.25) is 0 Å². The van der Waals surface area contributed by atoms with E-state index in [9.17, 15) is 5.11 Å². The SMILES string of the molecule is Cl.NCc1cc(-c2ccc(N)nc2)cc(Cl)c1Sc1ncccc1CO. The van der Waals surface area contributed by atoms with E-state index in [1.165, 1.54) is 11.8 Å². The summed E-state index contributed by atoms with van der Waals surface area (Å²) < 4.78 is 0. The van der Waals surface area contributed by atoms with E-state index in [1.807, 2.05) is 24.3 Å². The number of rotatable bonds is 5. The zero-order valence-corrected chi connectivity index (χ0v) is 16.1. The number of nitrogens with zero attached hydrogens (tertiary/aromatic N) is 2. The largest absolute Gasteiger partial charge is 0.392 e. The van der Waals surface area contributed by atoms with Gasteiger partial charge in [0.1, 0.15) is 10.8 Å². The number of hydrogen-bond donors (Lipinski definition) is 3. The van der Waals surface area contributed by atoms with Crippen LogP contribution in [-0.4, -0.2) is 15.1 Å². The molecule has 5 nitrogen and oxygen atoms in total. The molecule has 2 heterocycles. The molecule has 26 heavy (non-hydrogen) atoms. The number of aliphatic hydroxyl groups is 1. The summed E-state index contributed by atoms with van der Waals surface area (Å²) in [4.78, 5) is 9.28. The number of pyridine rings is 2. The minimum absolute atomic E-state index is 0. The smallest absolute Gasteiger partial charge is 0.123 e. The van der Waals surface area contributed by atoms with E-state index in [2.05, 4.69) is 9.97 Å². The van der Waals surface area contributed by atoms with E-state index in [0.717, 1.165) is 27.1 Å². The fourth-order valence-electron chi connectivity index (χ4n) is 2.39. The van der Waals surface area contributed by atoms with Crippen LogP contribution < -0.4 is 11.5 Å². The first-order valence-corrected chi connectivity index (χ1v) is 8.78. The van der Waals surface area contributed by atoms with Crippen LogP contribution in [0.4, 0.5) is 5.82 Å². The average Bonchev–Trinajstić information content (AvgIpc) is 2.64. The third-order valence-electron chi connectivity index (χ3n) is 3.68. The van der Waals surface area contributed by atoms with Crippen LogP contribution in [0.3, 0.4) is 0 Å². The number of aliphatic hydroxyl groups excluding tert-OH is 1. The fourth-order valence-corrected chi connectivity index (χ4v) is 3.75. The number of anilines is 1. The molecule has 0 radical (unpaired) electrons. The highest BCUT2D eigenvalue weighted by Gasteiger charge is 2.14. The molecule has 0 saturated carbocycles. The maximum atomic E-state index is 9.48. The van der Waals surface area contributed by atoms with Gasteiger partial charge in [-0.1, -0.05) is 29.4 Å².